The van der Waals surface area contributed by atoms with Gasteiger partial charge < -0.3 is 4.74 Å². The lowest BCUT2D eigenvalue weighted by atomic mass is 10.0. The normalized spacial score (nSPS) is 12.7. The van der Waals surface area contributed by atoms with Crippen LogP contribution in [0.1, 0.15) is 142 Å². The van der Waals surface area contributed by atoms with Crippen molar-refractivity contribution >= 4 is 37.4 Å². The molecule has 0 radical (unpaired) electrons. The van der Waals surface area contributed by atoms with Crippen molar-refractivity contribution in [3.63, 3.8) is 0 Å². The van der Waals surface area contributed by atoms with Crippen LogP contribution < -0.4 is 0 Å². The van der Waals surface area contributed by atoms with Gasteiger partial charge in [-0.25, -0.2) is 13.4 Å². The van der Waals surface area contributed by atoms with Gasteiger partial charge >= 0.3 is 5.97 Å². The molecule has 0 bridgehead atoms. The Morgan fingerprint density at radius 1 is 0.744 bits per heavy atom. The standard InChI is InChI=1S/C32H53NO4S2/c1-3-4-5-6-7-8-9-10-11-12-13-14-15-16-17-18-19-20-21-22-27-30(31(34)37-2)39(35,36)32-33-28-25-23-24-26-29(28)38-32/h23-26,30H,3-22,27H2,1-2H3. The molecule has 1 aromatic heterocycles. The molecule has 7 heteroatoms. The molecule has 1 unspecified atom stereocenters. The number of fused-ring (bicyclic) bond motifs is 1. The van der Waals surface area contributed by atoms with Crippen molar-refractivity contribution in [2.45, 2.75) is 151 Å². The lowest BCUT2D eigenvalue weighted by molar-refractivity contribution is -0.140. The summed E-state index contributed by atoms with van der Waals surface area (Å²) in [5.41, 5.74) is 0.642. The molecule has 0 spiro atoms. The molecule has 0 saturated carbocycles. The summed E-state index contributed by atoms with van der Waals surface area (Å²) < 4.78 is 32.0. The van der Waals surface area contributed by atoms with E-state index in [0.29, 0.717) is 11.9 Å². The molecule has 2 aromatic rings. The first-order valence-corrected chi connectivity index (χ1v) is 18.0. The van der Waals surface area contributed by atoms with Crippen molar-refractivity contribution in [2.75, 3.05) is 7.11 Å². The number of sulfone groups is 1. The molecule has 0 aliphatic rings. The number of para-hydroxylation sites is 1. The fraction of sp³-hybridized carbons (Fsp3) is 0.750. The Balaban J connectivity index is 1.48. The molecule has 0 N–H and O–H groups in total. The first-order chi connectivity index (χ1) is 19.0. The second-order valence-electron chi connectivity index (χ2n) is 11.0. The summed E-state index contributed by atoms with van der Waals surface area (Å²) in [4.78, 5) is 16.6. The van der Waals surface area contributed by atoms with Gasteiger partial charge in [0.15, 0.2) is 5.25 Å². The molecule has 0 aliphatic heterocycles. The van der Waals surface area contributed by atoms with Gasteiger partial charge in [0.1, 0.15) is 0 Å². The minimum Gasteiger partial charge on any atom is -0.468 e. The Kier molecular flexibility index (Phi) is 17.7. The van der Waals surface area contributed by atoms with E-state index in [1.165, 1.54) is 116 Å². The van der Waals surface area contributed by atoms with Gasteiger partial charge in [-0.15, -0.1) is 11.3 Å². The minimum atomic E-state index is -3.87. The van der Waals surface area contributed by atoms with Crippen LogP contribution in [0.2, 0.25) is 0 Å². The highest BCUT2D eigenvalue weighted by Crippen LogP contribution is 2.30. The predicted octanol–water partition coefficient (Wildman–Crippen LogP) is 9.82. The molecule has 1 aromatic carbocycles. The van der Waals surface area contributed by atoms with Crippen LogP contribution in [0.5, 0.6) is 0 Å². The van der Waals surface area contributed by atoms with Crippen LogP contribution in [0, 0.1) is 0 Å². The second-order valence-corrected chi connectivity index (χ2v) is 14.3. The number of rotatable bonds is 24. The van der Waals surface area contributed by atoms with Crippen molar-refractivity contribution in [3.05, 3.63) is 24.3 Å². The predicted molar refractivity (Wildman–Crippen MR) is 165 cm³/mol. The molecule has 0 fully saturated rings. The topological polar surface area (TPSA) is 73.3 Å². The van der Waals surface area contributed by atoms with Crippen molar-refractivity contribution < 1.29 is 17.9 Å². The molecule has 0 saturated heterocycles. The molecule has 1 atom stereocenters. The van der Waals surface area contributed by atoms with Gasteiger partial charge in [-0.3, -0.25) is 4.79 Å². The third-order valence-corrected chi connectivity index (χ3v) is 11.2. The number of esters is 1. The van der Waals surface area contributed by atoms with Gasteiger partial charge in [0.05, 0.1) is 17.3 Å². The number of carbonyl (C=O) groups excluding carboxylic acids is 1. The number of nitrogens with zero attached hydrogens (tertiary/aromatic N) is 1. The average Bonchev–Trinajstić information content (AvgIpc) is 3.39. The van der Waals surface area contributed by atoms with Crippen LogP contribution in [-0.2, 0) is 19.4 Å². The third-order valence-electron chi connectivity index (χ3n) is 7.68. The maximum Gasteiger partial charge on any atom is 0.324 e. The summed E-state index contributed by atoms with van der Waals surface area (Å²) in [6.07, 6.45) is 26.2. The van der Waals surface area contributed by atoms with E-state index in [0.717, 1.165) is 28.9 Å². The summed E-state index contributed by atoms with van der Waals surface area (Å²) >= 11 is 1.12. The van der Waals surface area contributed by atoms with Crippen LogP contribution in [0.4, 0.5) is 0 Å². The van der Waals surface area contributed by atoms with E-state index in [2.05, 4.69) is 11.9 Å². The Labute approximate surface area is 242 Å². The molecule has 2 rings (SSSR count). The number of thiazole rings is 1. The van der Waals surface area contributed by atoms with Crippen molar-refractivity contribution in [1.82, 2.24) is 4.98 Å². The van der Waals surface area contributed by atoms with E-state index in [9.17, 15) is 13.2 Å². The summed E-state index contributed by atoms with van der Waals surface area (Å²) in [6, 6.07) is 7.32. The highest BCUT2D eigenvalue weighted by Gasteiger charge is 2.36. The van der Waals surface area contributed by atoms with Crippen LogP contribution in [0.25, 0.3) is 10.2 Å². The molecule has 222 valence electrons. The van der Waals surface area contributed by atoms with Gasteiger partial charge in [-0.2, -0.15) is 0 Å². The number of carbonyl (C=O) groups is 1. The van der Waals surface area contributed by atoms with Crippen molar-refractivity contribution in [3.8, 4) is 0 Å². The summed E-state index contributed by atoms with van der Waals surface area (Å²) in [5.74, 6) is -0.688. The summed E-state index contributed by atoms with van der Waals surface area (Å²) in [6.45, 7) is 2.28. The number of aromatic nitrogens is 1. The molecule has 39 heavy (non-hydrogen) atoms. The highest BCUT2D eigenvalue weighted by molar-refractivity contribution is 7.94. The lowest BCUT2D eigenvalue weighted by Gasteiger charge is -2.13. The Morgan fingerprint density at radius 2 is 1.18 bits per heavy atom. The van der Waals surface area contributed by atoms with Crippen LogP contribution in [0.3, 0.4) is 0 Å². The van der Waals surface area contributed by atoms with Crippen molar-refractivity contribution in [2.24, 2.45) is 0 Å². The van der Waals surface area contributed by atoms with E-state index in [-0.39, 0.29) is 10.8 Å². The van der Waals surface area contributed by atoms with Gasteiger partial charge in [-0.1, -0.05) is 147 Å². The maximum absolute atomic E-state index is 13.2. The van der Waals surface area contributed by atoms with E-state index < -0.39 is 21.1 Å². The Bertz CT molecular complexity index is 985. The van der Waals surface area contributed by atoms with Gasteiger partial charge in [0, 0.05) is 0 Å². The number of hydrogen-bond donors (Lipinski definition) is 0. The van der Waals surface area contributed by atoms with Crippen molar-refractivity contribution in [1.29, 1.82) is 0 Å². The number of unbranched alkanes of at least 4 members (excludes halogenated alkanes) is 19. The lowest BCUT2D eigenvalue weighted by Crippen LogP contribution is -2.31. The van der Waals surface area contributed by atoms with E-state index in [1.807, 2.05) is 18.2 Å². The zero-order chi connectivity index (χ0) is 28.2. The zero-order valence-electron chi connectivity index (χ0n) is 24.6. The van der Waals surface area contributed by atoms with Crippen LogP contribution in [-0.4, -0.2) is 31.7 Å². The first kappa shape index (κ1) is 33.7. The SMILES string of the molecule is CCCCCCCCCCCCCCCCCCCCCCC(C(=O)OC)S(=O)(=O)c1nc2ccccc2s1. The van der Waals surface area contributed by atoms with Gasteiger partial charge in [0.2, 0.25) is 14.2 Å². The number of ether oxygens (including phenoxy) is 1. The molecule has 5 nitrogen and oxygen atoms in total. The summed E-state index contributed by atoms with van der Waals surface area (Å²) in [7, 11) is -2.62. The van der Waals surface area contributed by atoms with E-state index in [4.69, 9.17) is 4.74 Å². The van der Waals surface area contributed by atoms with E-state index in [1.54, 1.807) is 6.07 Å². The molecule has 1 heterocycles. The highest BCUT2D eigenvalue weighted by atomic mass is 32.2. The smallest absolute Gasteiger partial charge is 0.324 e. The van der Waals surface area contributed by atoms with E-state index >= 15 is 0 Å². The third kappa shape index (κ3) is 13.2. The quantitative estimate of drug-likeness (QED) is 0.0914. The van der Waals surface area contributed by atoms with Gasteiger partial charge in [-0.05, 0) is 18.6 Å². The molecular formula is C32H53NO4S2. The largest absolute Gasteiger partial charge is 0.468 e. The van der Waals surface area contributed by atoms with Crippen LogP contribution >= 0.6 is 11.3 Å². The van der Waals surface area contributed by atoms with Crippen LogP contribution in [0.15, 0.2) is 28.6 Å². The van der Waals surface area contributed by atoms with Gasteiger partial charge in [0.25, 0.3) is 0 Å². The molecule has 0 aliphatic carbocycles. The number of benzene rings is 1. The Morgan fingerprint density at radius 3 is 1.62 bits per heavy atom. The minimum absolute atomic E-state index is 0.00673. The monoisotopic (exact) mass is 579 g/mol. The summed E-state index contributed by atoms with van der Waals surface area (Å²) in [5, 5.41) is -1.18. The second kappa shape index (κ2) is 20.4. The number of hydrogen-bond acceptors (Lipinski definition) is 6. The molecular weight excluding hydrogens is 526 g/mol. The number of methoxy groups -OCH3 is 1. The average molecular weight is 580 g/mol. The molecule has 0 amide bonds. The maximum atomic E-state index is 13.2. The zero-order valence-corrected chi connectivity index (χ0v) is 26.3. The fourth-order valence-electron chi connectivity index (χ4n) is 5.21. The fourth-order valence-corrected chi connectivity index (χ4v) is 8.29. The first-order valence-electron chi connectivity index (χ1n) is 15.7. The Hall–Kier alpha value is -1.47.